The number of carboxylic acids is 1. The molecule has 0 saturated heterocycles. The standard InChI is InChI=1S/C12H18N2O3/c1-4-12(2,11(16)17)8-13-10(15)9-6-5-7-14(9)3/h5-7H,4,8H2,1-3H3,(H,13,15)(H,16,17). The van der Waals surface area contributed by atoms with Crippen LogP contribution in [-0.4, -0.2) is 28.1 Å². The second-order valence-electron chi connectivity index (χ2n) is 4.41. The van der Waals surface area contributed by atoms with Crippen LogP contribution in [-0.2, 0) is 11.8 Å². The van der Waals surface area contributed by atoms with Crippen molar-refractivity contribution in [1.82, 2.24) is 9.88 Å². The van der Waals surface area contributed by atoms with Crippen molar-refractivity contribution in [2.24, 2.45) is 12.5 Å². The topological polar surface area (TPSA) is 71.3 Å². The zero-order valence-electron chi connectivity index (χ0n) is 10.4. The lowest BCUT2D eigenvalue weighted by molar-refractivity contribution is -0.147. The quantitative estimate of drug-likeness (QED) is 0.811. The molecule has 94 valence electrons. The summed E-state index contributed by atoms with van der Waals surface area (Å²) in [5, 5.41) is 11.7. The summed E-state index contributed by atoms with van der Waals surface area (Å²) in [6, 6.07) is 3.46. The number of carbonyl (C=O) groups is 2. The van der Waals surface area contributed by atoms with E-state index >= 15 is 0 Å². The van der Waals surface area contributed by atoms with Crippen LogP contribution in [0.3, 0.4) is 0 Å². The predicted octanol–water partition coefficient (Wildman–Crippen LogP) is 1.26. The fourth-order valence-corrected chi connectivity index (χ4v) is 1.41. The molecule has 1 atom stereocenters. The molecule has 0 spiro atoms. The molecule has 0 aliphatic carbocycles. The fourth-order valence-electron chi connectivity index (χ4n) is 1.41. The first kappa shape index (κ1) is 13.3. The van der Waals surface area contributed by atoms with Crippen molar-refractivity contribution < 1.29 is 14.7 Å². The van der Waals surface area contributed by atoms with Crippen molar-refractivity contribution >= 4 is 11.9 Å². The third-order valence-electron chi connectivity index (χ3n) is 3.11. The first-order chi connectivity index (χ1) is 7.90. The van der Waals surface area contributed by atoms with Gasteiger partial charge in [0.15, 0.2) is 0 Å². The summed E-state index contributed by atoms with van der Waals surface area (Å²) in [6.07, 6.45) is 2.24. The molecule has 1 rings (SSSR count). The highest BCUT2D eigenvalue weighted by Crippen LogP contribution is 2.20. The van der Waals surface area contributed by atoms with Gasteiger partial charge in [-0.1, -0.05) is 6.92 Å². The van der Waals surface area contributed by atoms with Crippen LogP contribution in [0.25, 0.3) is 0 Å². The molecular weight excluding hydrogens is 220 g/mol. The van der Waals surface area contributed by atoms with Gasteiger partial charge in [0.25, 0.3) is 5.91 Å². The lowest BCUT2D eigenvalue weighted by Crippen LogP contribution is -2.41. The van der Waals surface area contributed by atoms with Gasteiger partial charge in [0, 0.05) is 19.8 Å². The average molecular weight is 238 g/mol. The minimum Gasteiger partial charge on any atom is -0.481 e. The SMILES string of the molecule is CCC(C)(CNC(=O)c1cccn1C)C(=O)O. The van der Waals surface area contributed by atoms with Crippen LogP contribution in [0.2, 0.25) is 0 Å². The molecule has 0 bridgehead atoms. The number of aromatic nitrogens is 1. The fraction of sp³-hybridized carbons (Fsp3) is 0.500. The van der Waals surface area contributed by atoms with E-state index < -0.39 is 11.4 Å². The molecule has 0 aliphatic heterocycles. The molecule has 0 aliphatic rings. The molecule has 0 radical (unpaired) electrons. The molecule has 1 aromatic rings. The van der Waals surface area contributed by atoms with Crippen molar-refractivity contribution in [1.29, 1.82) is 0 Å². The molecule has 1 amide bonds. The van der Waals surface area contributed by atoms with Gasteiger partial charge in [0.2, 0.25) is 0 Å². The number of rotatable bonds is 5. The largest absolute Gasteiger partial charge is 0.481 e. The molecule has 0 aromatic carbocycles. The van der Waals surface area contributed by atoms with Gasteiger partial charge in [-0.2, -0.15) is 0 Å². The molecule has 5 nitrogen and oxygen atoms in total. The highest BCUT2D eigenvalue weighted by atomic mass is 16.4. The number of aliphatic carboxylic acids is 1. The van der Waals surface area contributed by atoms with Crippen LogP contribution in [0.1, 0.15) is 30.8 Å². The zero-order chi connectivity index (χ0) is 13.1. The van der Waals surface area contributed by atoms with E-state index in [2.05, 4.69) is 5.32 Å². The first-order valence-corrected chi connectivity index (χ1v) is 5.53. The Morgan fingerprint density at radius 1 is 1.53 bits per heavy atom. The molecule has 1 heterocycles. The van der Waals surface area contributed by atoms with Gasteiger partial charge in [0.1, 0.15) is 5.69 Å². The van der Waals surface area contributed by atoms with Crippen molar-refractivity contribution in [3.8, 4) is 0 Å². The van der Waals surface area contributed by atoms with Crippen LogP contribution in [0.15, 0.2) is 18.3 Å². The van der Waals surface area contributed by atoms with Crippen molar-refractivity contribution in [3.63, 3.8) is 0 Å². The third kappa shape index (κ3) is 2.87. The molecule has 1 aromatic heterocycles. The van der Waals surface area contributed by atoms with Crippen LogP contribution < -0.4 is 5.32 Å². The Morgan fingerprint density at radius 3 is 2.59 bits per heavy atom. The molecule has 0 saturated carbocycles. The summed E-state index contributed by atoms with van der Waals surface area (Å²) >= 11 is 0. The Hall–Kier alpha value is -1.78. The van der Waals surface area contributed by atoms with Crippen LogP contribution in [0.5, 0.6) is 0 Å². The molecular formula is C12H18N2O3. The van der Waals surface area contributed by atoms with Crippen molar-refractivity contribution in [2.45, 2.75) is 20.3 Å². The van der Waals surface area contributed by atoms with Crippen LogP contribution >= 0.6 is 0 Å². The first-order valence-electron chi connectivity index (χ1n) is 5.53. The zero-order valence-corrected chi connectivity index (χ0v) is 10.4. The lowest BCUT2D eigenvalue weighted by atomic mass is 9.88. The summed E-state index contributed by atoms with van der Waals surface area (Å²) in [6.45, 7) is 3.55. The normalized spacial score (nSPS) is 14.1. The Balaban J connectivity index is 2.66. The molecule has 2 N–H and O–H groups in total. The molecule has 17 heavy (non-hydrogen) atoms. The highest BCUT2D eigenvalue weighted by Gasteiger charge is 2.31. The van der Waals surface area contributed by atoms with E-state index in [9.17, 15) is 9.59 Å². The molecule has 0 fully saturated rings. The second kappa shape index (κ2) is 5.03. The maximum Gasteiger partial charge on any atom is 0.311 e. The van der Waals surface area contributed by atoms with E-state index in [1.807, 2.05) is 0 Å². The van der Waals surface area contributed by atoms with E-state index in [4.69, 9.17) is 5.11 Å². The predicted molar refractivity (Wildman–Crippen MR) is 63.8 cm³/mol. The minimum absolute atomic E-state index is 0.128. The van der Waals surface area contributed by atoms with Crippen molar-refractivity contribution in [2.75, 3.05) is 6.54 Å². The highest BCUT2D eigenvalue weighted by molar-refractivity contribution is 5.93. The summed E-state index contributed by atoms with van der Waals surface area (Å²) in [4.78, 5) is 22.8. The summed E-state index contributed by atoms with van der Waals surface area (Å²) in [5.41, 5.74) is -0.394. The average Bonchev–Trinajstić information content (AvgIpc) is 2.71. The van der Waals surface area contributed by atoms with E-state index in [1.165, 1.54) is 0 Å². The number of carboxylic acid groups (broad SMARTS) is 1. The number of nitrogens with zero attached hydrogens (tertiary/aromatic N) is 1. The number of aryl methyl sites for hydroxylation is 1. The minimum atomic E-state index is -0.916. The van der Waals surface area contributed by atoms with Crippen LogP contribution in [0, 0.1) is 5.41 Å². The van der Waals surface area contributed by atoms with E-state index in [1.54, 1.807) is 43.8 Å². The van der Waals surface area contributed by atoms with Crippen LogP contribution in [0.4, 0.5) is 0 Å². The van der Waals surface area contributed by atoms with Crippen molar-refractivity contribution in [3.05, 3.63) is 24.0 Å². The van der Waals surface area contributed by atoms with Gasteiger partial charge in [-0.05, 0) is 25.5 Å². The number of nitrogens with one attached hydrogen (secondary N) is 1. The Kier molecular flexibility index (Phi) is 3.93. The smallest absolute Gasteiger partial charge is 0.311 e. The van der Waals surface area contributed by atoms with Gasteiger partial charge < -0.3 is 15.0 Å². The number of hydrogen-bond acceptors (Lipinski definition) is 2. The maximum absolute atomic E-state index is 11.8. The molecule has 1 unspecified atom stereocenters. The summed E-state index contributed by atoms with van der Waals surface area (Å²) in [5.74, 6) is -1.15. The second-order valence-corrected chi connectivity index (χ2v) is 4.41. The van der Waals surface area contributed by atoms with E-state index in [0.717, 1.165) is 0 Å². The van der Waals surface area contributed by atoms with E-state index in [0.29, 0.717) is 12.1 Å². The third-order valence-corrected chi connectivity index (χ3v) is 3.11. The molecule has 5 heteroatoms. The number of amides is 1. The summed E-state index contributed by atoms with van der Waals surface area (Å²) < 4.78 is 1.69. The monoisotopic (exact) mass is 238 g/mol. The van der Waals surface area contributed by atoms with Gasteiger partial charge >= 0.3 is 5.97 Å². The van der Waals surface area contributed by atoms with Gasteiger partial charge in [-0.25, -0.2) is 0 Å². The maximum atomic E-state index is 11.8. The number of carbonyl (C=O) groups excluding carboxylic acids is 1. The Bertz CT molecular complexity index is 425. The Labute approximate surface area is 100 Å². The van der Waals surface area contributed by atoms with E-state index in [-0.39, 0.29) is 12.5 Å². The van der Waals surface area contributed by atoms with Gasteiger partial charge in [-0.15, -0.1) is 0 Å². The number of hydrogen-bond donors (Lipinski definition) is 2. The Morgan fingerprint density at radius 2 is 2.18 bits per heavy atom. The van der Waals surface area contributed by atoms with Gasteiger partial charge in [-0.3, -0.25) is 9.59 Å². The van der Waals surface area contributed by atoms with Gasteiger partial charge in [0.05, 0.1) is 5.41 Å². The summed E-state index contributed by atoms with van der Waals surface area (Å²) in [7, 11) is 1.77. The lowest BCUT2D eigenvalue weighted by Gasteiger charge is -2.23.